The van der Waals surface area contributed by atoms with E-state index in [9.17, 15) is 22.8 Å². The first-order chi connectivity index (χ1) is 19.8. The molecular weight excluding hydrogens is 563 g/mol. The van der Waals surface area contributed by atoms with E-state index in [1.807, 2.05) is 77.7 Å². The molecule has 0 radical (unpaired) electrons. The molecule has 0 aromatic heterocycles. The van der Waals surface area contributed by atoms with Crippen molar-refractivity contribution in [3.8, 4) is 11.1 Å². The minimum absolute atomic E-state index is 0. The Labute approximate surface area is 250 Å². The molecule has 1 saturated heterocycles. The van der Waals surface area contributed by atoms with Crippen molar-refractivity contribution in [1.29, 1.82) is 0 Å². The van der Waals surface area contributed by atoms with Gasteiger partial charge in [-0.05, 0) is 66.1 Å². The summed E-state index contributed by atoms with van der Waals surface area (Å²) < 4.78 is 39.3. The molecular formula is C33H35ClF3N3O2. The SMILES string of the molecule is Cl.O=C1c2ccccc2CN1C1CCN(CCCCC2(C(=O)NCC(F)(F)F)c3ccccc3-c3ccccc32)CC1. The third-order valence-electron chi connectivity index (χ3n) is 9.02. The van der Waals surface area contributed by atoms with Gasteiger partial charge in [-0.15, -0.1) is 12.4 Å². The fourth-order valence-corrected chi connectivity index (χ4v) is 7.04. The Morgan fingerprint density at radius 3 is 2.02 bits per heavy atom. The number of piperidine rings is 1. The first-order valence-corrected chi connectivity index (χ1v) is 14.4. The highest BCUT2D eigenvalue weighted by molar-refractivity contribution is 6.00. The predicted octanol–water partition coefficient (Wildman–Crippen LogP) is 6.34. The number of nitrogens with zero attached hydrogens (tertiary/aromatic N) is 2. The second-order valence-corrected chi connectivity index (χ2v) is 11.4. The fourth-order valence-electron chi connectivity index (χ4n) is 7.04. The average molecular weight is 598 g/mol. The standard InChI is InChI=1S/C33H34F3N3O2.ClH/c34-33(35,36)22-37-31(41)32(28-13-5-3-11-26(28)27-12-4-6-14-29(27)32)17-7-8-18-38-19-15-24(16-20-38)39-21-23-9-1-2-10-25(23)30(39)40;/h1-6,9-14,24H,7-8,15-22H2,(H,37,41);1H. The Hall–Kier alpha value is -3.36. The number of alkyl halides is 3. The number of nitrogens with one attached hydrogen (secondary N) is 1. The Morgan fingerprint density at radius 1 is 0.857 bits per heavy atom. The van der Waals surface area contributed by atoms with Crippen LogP contribution >= 0.6 is 12.4 Å². The first-order valence-electron chi connectivity index (χ1n) is 14.4. The number of unbranched alkanes of at least 4 members (excludes halogenated alkanes) is 1. The third kappa shape index (κ3) is 5.54. The first kappa shape index (κ1) is 30.1. The highest BCUT2D eigenvalue weighted by Crippen LogP contribution is 2.51. The quantitative estimate of drug-likeness (QED) is 0.308. The van der Waals surface area contributed by atoms with Crippen LogP contribution in [0, 0.1) is 0 Å². The van der Waals surface area contributed by atoms with Gasteiger partial charge in [0.15, 0.2) is 0 Å². The van der Waals surface area contributed by atoms with Crippen molar-refractivity contribution in [1.82, 2.24) is 15.1 Å². The second-order valence-electron chi connectivity index (χ2n) is 11.4. The summed E-state index contributed by atoms with van der Waals surface area (Å²) in [6.07, 6.45) is -0.682. The maximum atomic E-state index is 13.7. The normalized spacial score (nSPS) is 17.8. The van der Waals surface area contributed by atoms with Crippen LogP contribution in [-0.4, -0.2) is 60.0 Å². The summed E-state index contributed by atoms with van der Waals surface area (Å²) in [6.45, 7) is 1.98. The molecule has 2 heterocycles. The van der Waals surface area contributed by atoms with Gasteiger partial charge in [0, 0.05) is 31.2 Å². The molecule has 1 fully saturated rings. The second kappa shape index (κ2) is 12.1. The molecule has 3 aromatic carbocycles. The third-order valence-corrected chi connectivity index (χ3v) is 9.02. The van der Waals surface area contributed by atoms with Crippen LogP contribution < -0.4 is 5.32 Å². The summed E-state index contributed by atoms with van der Waals surface area (Å²) in [5.74, 6) is -0.463. The molecule has 0 spiro atoms. The van der Waals surface area contributed by atoms with Crippen LogP contribution in [0.2, 0.25) is 0 Å². The molecule has 0 saturated carbocycles. The van der Waals surface area contributed by atoms with Crippen LogP contribution in [0.5, 0.6) is 0 Å². The summed E-state index contributed by atoms with van der Waals surface area (Å²) in [5, 5.41) is 2.21. The number of hydrogen-bond acceptors (Lipinski definition) is 3. The highest BCUT2D eigenvalue weighted by atomic mass is 35.5. The number of fused-ring (bicyclic) bond motifs is 4. The van der Waals surface area contributed by atoms with Crippen LogP contribution in [0.1, 0.15) is 59.2 Å². The monoisotopic (exact) mass is 597 g/mol. The van der Waals surface area contributed by atoms with Gasteiger partial charge in [-0.1, -0.05) is 73.2 Å². The largest absolute Gasteiger partial charge is 0.405 e. The van der Waals surface area contributed by atoms with Gasteiger partial charge in [-0.25, -0.2) is 0 Å². The molecule has 42 heavy (non-hydrogen) atoms. The summed E-state index contributed by atoms with van der Waals surface area (Å²) >= 11 is 0. The highest BCUT2D eigenvalue weighted by Gasteiger charge is 2.49. The number of carbonyl (C=O) groups excluding carboxylic acids is 2. The summed E-state index contributed by atoms with van der Waals surface area (Å²) in [6, 6.07) is 23.2. The Bertz CT molecular complexity index is 1410. The summed E-state index contributed by atoms with van der Waals surface area (Å²) in [4.78, 5) is 31.0. The van der Waals surface area contributed by atoms with Crippen molar-refractivity contribution in [2.24, 2.45) is 0 Å². The number of benzene rings is 3. The van der Waals surface area contributed by atoms with E-state index in [1.165, 1.54) is 0 Å². The van der Waals surface area contributed by atoms with Gasteiger partial charge in [0.25, 0.3) is 5.91 Å². The minimum Gasteiger partial charge on any atom is -0.346 e. The van der Waals surface area contributed by atoms with E-state index in [1.54, 1.807) is 0 Å². The van der Waals surface area contributed by atoms with Crippen LogP contribution in [0.25, 0.3) is 11.1 Å². The molecule has 3 aromatic rings. The van der Waals surface area contributed by atoms with Gasteiger partial charge < -0.3 is 15.1 Å². The Morgan fingerprint density at radius 2 is 1.43 bits per heavy atom. The lowest BCUT2D eigenvalue weighted by Crippen LogP contribution is -2.47. The number of halogens is 4. The number of rotatable bonds is 8. The Balaban J connectivity index is 0.00000353. The minimum atomic E-state index is -4.48. The topological polar surface area (TPSA) is 52.7 Å². The molecule has 0 unspecified atom stereocenters. The number of carbonyl (C=O) groups is 2. The van der Waals surface area contributed by atoms with E-state index < -0.39 is 24.0 Å². The van der Waals surface area contributed by atoms with E-state index in [-0.39, 0.29) is 24.4 Å². The molecule has 1 N–H and O–H groups in total. The van der Waals surface area contributed by atoms with Gasteiger partial charge in [-0.2, -0.15) is 13.2 Å². The molecule has 222 valence electrons. The molecule has 5 nitrogen and oxygen atoms in total. The number of likely N-dealkylation sites (tertiary alicyclic amines) is 1. The predicted molar refractivity (Wildman–Crippen MR) is 159 cm³/mol. The zero-order chi connectivity index (χ0) is 28.6. The van der Waals surface area contributed by atoms with Gasteiger partial charge in [0.2, 0.25) is 5.91 Å². The molecule has 3 aliphatic rings. The molecule has 0 atom stereocenters. The van der Waals surface area contributed by atoms with E-state index in [0.29, 0.717) is 19.4 Å². The van der Waals surface area contributed by atoms with E-state index in [0.717, 1.165) is 72.3 Å². The fraction of sp³-hybridized carbons (Fsp3) is 0.394. The van der Waals surface area contributed by atoms with Crippen molar-refractivity contribution in [3.05, 3.63) is 95.1 Å². The molecule has 2 aliphatic heterocycles. The molecule has 2 amide bonds. The van der Waals surface area contributed by atoms with Gasteiger partial charge in [0.05, 0.1) is 0 Å². The molecule has 6 rings (SSSR count). The lowest BCUT2D eigenvalue weighted by Gasteiger charge is -2.37. The molecule has 0 bridgehead atoms. The average Bonchev–Trinajstić information content (AvgIpc) is 3.47. The van der Waals surface area contributed by atoms with Crippen LogP contribution in [0.3, 0.4) is 0 Å². The summed E-state index contributed by atoms with van der Waals surface area (Å²) in [5.41, 5.74) is 4.13. The van der Waals surface area contributed by atoms with Crippen molar-refractivity contribution >= 4 is 24.2 Å². The zero-order valence-electron chi connectivity index (χ0n) is 23.3. The van der Waals surface area contributed by atoms with Gasteiger partial charge >= 0.3 is 6.18 Å². The smallest absolute Gasteiger partial charge is 0.346 e. The van der Waals surface area contributed by atoms with Crippen molar-refractivity contribution in [3.63, 3.8) is 0 Å². The maximum Gasteiger partial charge on any atom is 0.405 e. The Kier molecular flexibility index (Phi) is 8.67. The van der Waals surface area contributed by atoms with Crippen LogP contribution in [0.4, 0.5) is 13.2 Å². The van der Waals surface area contributed by atoms with Crippen molar-refractivity contribution < 1.29 is 22.8 Å². The van der Waals surface area contributed by atoms with Crippen molar-refractivity contribution in [2.75, 3.05) is 26.2 Å². The molecule has 9 heteroatoms. The van der Waals surface area contributed by atoms with E-state index >= 15 is 0 Å². The van der Waals surface area contributed by atoms with Crippen LogP contribution in [0.15, 0.2) is 72.8 Å². The zero-order valence-corrected chi connectivity index (χ0v) is 24.1. The van der Waals surface area contributed by atoms with Gasteiger partial charge in [0.1, 0.15) is 12.0 Å². The van der Waals surface area contributed by atoms with E-state index in [4.69, 9.17) is 0 Å². The number of hydrogen-bond donors (Lipinski definition) is 1. The lowest BCUT2D eigenvalue weighted by atomic mass is 9.73. The lowest BCUT2D eigenvalue weighted by molar-refractivity contribution is -0.141. The van der Waals surface area contributed by atoms with Crippen molar-refractivity contribution in [2.45, 2.75) is 56.3 Å². The maximum absolute atomic E-state index is 13.7. The molecule has 1 aliphatic carbocycles. The number of amides is 2. The summed E-state index contributed by atoms with van der Waals surface area (Å²) in [7, 11) is 0. The van der Waals surface area contributed by atoms with Gasteiger partial charge in [-0.3, -0.25) is 9.59 Å². The van der Waals surface area contributed by atoms with E-state index in [2.05, 4.69) is 10.2 Å². The van der Waals surface area contributed by atoms with Crippen LogP contribution in [-0.2, 0) is 16.8 Å².